The normalized spacial score (nSPS) is 18.1. The van der Waals surface area contributed by atoms with Gasteiger partial charge < -0.3 is 14.2 Å². The number of rotatable bonds is 3. The zero-order chi connectivity index (χ0) is 14.6. The minimum Gasteiger partial charge on any atom is -0.474 e. The maximum atomic E-state index is 12.0. The standard InChI is InChI=1S/C14H13F3O3/c1-2-13(7-9-18-10-8-13)19-11-3-5-12(6-4-11)20-14(15,16)17/h1,3-6H,7-10H2. The summed E-state index contributed by atoms with van der Waals surface area (Å²) < 4.78 is 50.8. The van der Waals surface area contributed by atoms with Crippen LogP contribution < -0.4 is 9.47 Å². The molecule has 0 aliphatic carbocycles. The van der Waals surface area contributed by atoms with Gasteiger partial charge in [-0.05, 0) is 24.3 Å². The number of halogens is 3. The van der Waals surface area contributed by atoms with Crippen LogP contribution in [0.3, 0.4) is 0 Å². The van der Waals surface area contributed by atoms with Crippen LogP contribution in [0.1, 0.15) is 12.8 Å². The highest BCUT2D eigenvalue weighted by Gasteiger charge is 2.33. The van der Waals surface area contributed by atoms with Gasteiger partial charge in [0.2, 0.25) is 0 Å². The topological polar surface area (TPSA) is 27.7 Å². The van der Waals surface area contributed by atoms with Gasteiger partial charge in [0.1, 0.15) is 11.5 Å². The van der Waals surface area contributed by atoms with E-state index in [0.717, 1.165) is 0 Å². The van der Waals surface area contributed by atoms with E-state index in [-0.39, 0.29) is 5.75 Å². The minimum atomic E-state index is -4.71. The van der Waals surface area contributed by atoms with Crippen LogP contribution >= 0.6 is 0 Å². The smallest absolute Gasteiger partial charge is 0.474 e. The Bertz CT molecular complexity index is 482. The van der Waals surface area contributed by atoms with Gasteiger partial charge in [-0.2, -0.15) is 0 Å². The molecule has 108 valence electrons. The Kier molecular flexibility index (Phi) is 4.09. The quantitative estimate of drug-likeness (QED) is 0.799. The van der Waals surface area contributed by atoms with Crippen molar-refractivity contribution in [3.63, 3.8) is 0 Å². The van der Waals surface area contributed by atoms with E-state index in [0.29, 0.717) is 31.8 Å². The molecule has 0 spiro atoms. The molecule has 1 heterocycles. The molecule has 0 amide bonds. The lowest BCUT2D eigenvalue weighted by Crippen LogP contribution is -2.40. The first kappa shape index (κ1) is 14.5. The molecule has 0 atom stereocenters. The third-order valence-electron chi connectivity index (χ3n) is 2.93. The van der Waals surface area contributed by atoms with Gasteiger partial charge in [-0.1, -0.05) is 5.92 Å². The number of hydrogen-bond acceptors (Lipinski definition) is 3. The molecular weight excluding hydrogens is 273 g/mol. The van der Waals surface area contributed by atoms with Crippen LogP contribution in [0.2, 0.25) is 0 Å². The average molecular weight is 286 g/mol. The Morgan fingerprint density at radius 2 is 1.65 bits per heavy atom. The van der Waals surface area contributed by atoms with Gasteiger partial charge in [-0.3, -0.25) is 0 Å². The highest BCUT2D eigenvalue weighted by Crippen LogP contribution is 2.30. The van der Waals surface area contributed by atoms with Crippen molar-refractivity contribution < 1.29 is 27.4 Å². The first-order valence-corrected chi connectivity index (χ1v) is 6.03. The van der Waals surface area contributed by atoms with E-state index in [1.165, 1.54) is 24.3 Å². The summed E-state index contributed by atoms with van der Waals surface area (Å²) in [5.41, 5.74) is -0.759. The Hall–Kier alpha value is -1.87. The van der Waals surface area contributed by atoms with Gasteiger partial charge in [0.05, 0.1) is 13.2 Å². The van der Waals surface area contributed by atoms with E-state index in [1.54, 1.807) is 0 Å². The fourth-order valence-corrected chi connectivity index (χ4v) is 1.91. The zero-order valence-corrected chi connectivity index (χ0v) is 10.6. The number of terminal acetylenes is 1. The predicted molar refractivity (Wildman–Crippen MR) is 65.4 cm³/mol. The molecular formula is C14H13F3O3. The maximum absolute atomic E-state index is 12.0. The van der Waals surface area contributed by atoms with Crippen LogP contribution in [-0.4, -0.2) is 25.2 Å². The lowest BCUT2D eigenvalue weighted by molar-refractivity contribution is -0.274. The maximum Gasteiger partial charge on any atom is 0.573 e. The molecule has 2 rings (SSSR count). The van der Waals surface area contributed by atoms with Gasteiger partial charge in [0.15, 0.2) is 5.60 Å². The van der Waals surface area contributed by atoms with Crippen LogP contribution in [0.25, 0.3) is 0 Å². The monoisotopic (exact) mass is 286 g/mol. The second kappa shape index (κ2) is 5.63. The molecule has 1 fully saturated rings. The van der Waals surface area contributed by atoms with E-state index in [2.05, 4.69) is 10.7 Å². The Morgan fingerprint density at radius 3 is 2.15 bits per heavy atom. The second-order valence-electron chi connectivity index (χ2n) is 4.37. The molecule has 1 aliphatic heterocycles. The molecule has 0 unspecified atom stereocenters. The highest BCUT2D eigenvalue weighted by molar-refractivity contribution is 5.33. The molecule has 6 heteroatoms. The van der Waals surface area contributed by atoms with Crippen LogP contribution in [0.15, 0.2) is 24.3 Å². The van der Waals surface area contributed by atoms with Crippen LogP contribution in [0.5, 0.6) is 11.5 Å². The molecule has 1 aromatic rings. The van der Waals surface area contributed by atoms with E-state index in [1.807, 2.05) is 0 Å². The summed E-state index contributed by atoms with van der Waals surface area (Å²) >= 11 is 0. The van der Waals surface area contributed by atoms with Crippen molar-refractivity contribution in [3.05, 3.63) is 24.3 Å². The highest BCUT2D eigenvalue weighted by atomic mass is 19.4. The van der Waals surface area contributed by atoms with Crippen molar-refractivity contribution in [1.29, 1.82) is 0 Å². The van der Waals surface area contributed by atoms with Crippen molar-refractivity contribution >= 4 is 0 Å². The lowest BCUT2D eigenvalue weighted by Gasteiger charge is -2.33. The molecule has 0 radical (unpaired) electrons. The fourth-order valence-electron chi connectivity index (χ4n) is 1.91. The molecule has 20 heavy (non-hydrogen) atoms. The average Bonchev–Trinajstić information content (AvgIpc) is 2.40. The van der Waals surface area contributed by atoms with Crippen molar-refractivity contribution in [2.24, 2.45) is 0 Å². The fraction of sp³-hybridized carbons (Fsp3) is 0.429. The minimum absolute atomic E-state index is 0.299. The number of hydrogen-bond donors (Lipinski definition) is 0. The first-order valence-electron chi connectivity index (χ1n) is 6.03. The third kappa shape index (κ3) is 3.81. The van der Waals surface area contributed by atoms with Crippen LogP contribution in [0, 0.1) is 12.3 Å². The summed E-state index contributed by atoms with van der Waals surface area (Å²) in [4.78, 5) is 0. The number of alkyl halides is 3. The largest absolute Gasteiger partial charge is 0.573 e. The van der Waals surface area contributed by atoms with E-state index in [9.17, 15) is 13.2 Å². The van der Waals surface area contributed by atoms with Crippen molar-refractivity contribution in [2.75, 3.05) is 13.2 Å². The SMILES string of the molecule is C#CC1(Oc2ccc(OC(F)(F)F)cc2)CCOCC1. The molecule has 0 N–H and O–H groups in total. The molecule has 0 saturated carbocycles. The molecule has 3 nitrogen and oxygen atoms in total. The first-order chi connectivity index (χ1) is 9.42. The molecule has 0 aromatic heterocycles. The molecule has 0 bridgehead atoms. The van der Waals surface area contributed by atoms with Crippen molar-refractivity contribution in [1.82, 2.24) is 0 Å². The summed E-state index contributed by atoms with van der Waals surface area (Å²) in [7, 11) is 0. The molecule has 1 saturated heterocycles. The number of ether oxygens (including phenoxy) is 3. The Balaban J connectivity index is 2.05. The van der Waals surface area contributed by atoms with Gasteiger partial charge in [0.25, 0.3) is 0 Å². The Morgan fingerprint density at radius 1 is 1.10 bits per heavy atom. The van der Waals surface area contributed by atoms with E-state index < -0.39 is 12.0 Å². The van der Waals surface area contributed by atoms with E-state index in [4.69, 9.17) is 15.9 Å². The molecule has 1 aromatic carbocycles. The second-order valence-corrected chi connectivity index (χ2v) is 4.37. The summed E-state index contributed by atoms with van der Waals surface area (Å²) in [5, 5.41) is 0. The Labute approximate surface area is 114 Å². The summed E-state index contributed by atoms with van der Waals surface area (Å²) in [6, 6.07) is 5.17. The van der Waals surface area contributed by atoms with Crippen LogP contribution in [-0.2, 0) is 4.74 Å². The lowest BCUT2D eigenvalue weighted by atomic mass is 9.95. The van der Waals surface area contributed by atoms with Crippen LogP contribution in [0.4, 0.5) is 13.2 Å². The van der Waals surface area contributed by atoms with Gasteiger partial charge in [-0.15, -0.1) is 19.6 Å². The van der Waals surface area contributed by atoms with E-state index >= 15 is 0 Å². The molecule has 1 aliphatic rings. The zero-order valence-electron chi connectivity index (χ0n) is 10.6. The summed E-state index contributed by atoms with van der Waals surface area (Å²) in [5.74, 6) is 2.71. The summed E-state index contributed by atoms with van der Waals surface area (Å²) in [6.07, 6.45) is 1.88. The van der Waals surface area contributed by atoms with Gasteiger partial charge in [-0.25, -0.2) is 0 Å². The van der Waals surface area contributed by atoms with Crippen molar-refractivity contribution in [2.45, 2.75) is 24.8 Å². The van der Waals surface area contributed by atoms with Gasteiger partial charge >= 0.3 is 6.36 Å². The summed E-state index contributed by atoms with van der Waals surface area (Å²) in [6.45, 7) is 0.999. The van der Waals surface area contributed by atoms with Crippen molar-refractivity contribution in [3.8, 4) is 23.8 Å². The number of benzene rings is 1. The van der Waals surface area contributed by atoms with Gasteiger partial charge in [0, 0.05) is 12.8 Å². The predicted octanol–water partition coefficient (Wildman–Crippen LogP) is 3.15. The third-order valence-corrected chi connectivity index (χ3v) is 2.93.